The summed E-state index contributed by atoms with van der Waals surface area (Å²) in [5, 5.41) is 10.3. The first-order chi connectivity index (χ1) is 32.8. The van der Waals surface area contributed by atoms with Gasteiger partial charge in [-0.1, -0.05) is 43.4 Å². The number of carbonyl (C=O) groups is 4. The Hall–Kier alpha value is -4.21. The molecule has 0 aliphatic carbocycles. The zero-order valence-corrected chi connectivity index (χ0v) is 43.9. The first kappa shape index (κ1) is 60.1. The van der Waals surface area contributed by atoms with Crippen molar-refractivity contribution < 1.29 is 85.6 Å². The molecule has 0 spiro atoms. The highest BCUT2D eigenvalue weighted by atomic mass is 127. The summed E-state index contributed by atoms with van der Waals surface area (Å²) in [6, 6.07) is 2.34. The van der Waals surface area contributed by atoms with Crippen LogP contribution in [0.2, 0.25) is 18.1 Å². The van der Waals surface area contributed by atoms with E-state index in [9.17, 15) is 43.5 Å². The Morgan fingerprint density at radius 3 is 1.37 bits per heavy atom. The summed E-state index contributed by atoms with van der Waals surface area (Å²) in [4.78, 5) is 96.3. The molecule has 28 heteroatoms. The molecular formula is C42H65IN4O22Si. The number of nitrogens with one attached hydrogen (secondary N) is 2. The number of alkyl halides is 1. The summed E-state index contributed by atoms with van der Waals surface area (Å²) in [6.45, 7) is 13.9. The van der Waals surface area contributed by atoms with E-state index in [4.69, 9.17) is 61.3 Å². The molecule has 396 valence electrons. The summed E-state index contributed by atoms with van der Waals surface area (Å²) >= 11 is 2.18. The van der Waals surface area contributed by atoms with Gasteiger partial charge in [0.05, 0.1) is 38.6 Å². The number of halogens is 1. The molecule has 0 bridgehead atoms. The molecule has 2 aliphatic heterocycles. The SMILES string of the molecule is CC(=O)OCCOC(OCCOC(C)=O)OC1[C@@H](O)[C@@H](C)O[C@H]1n1ccc(=O)[nH]c1=O.CC(=O)OCCOC(OCCOC(C)=O)OC1[C@@H](O[Si](C)(C)C(C)(C)C)[C@@H](CI)O[C@H]1n1ccc(=O)[nH]c1=O. The standard InChI is InChI=1S/C24H39IN2O11Si.C18H26N2O11/c1-15(28)32-10-12-34-23(35-13-11-33-16(2)29)37-20-19(38-39(6,7)24(3,4)5)17(14-25)36-21(20)27-9-8-18(30)26-22(27)31;1-10-14(24)15(16(30-10)20-5-4-13(23)19-17(20)25)31-18(28-8-6-26-11(2)21)29-9-7-27-12(3)22/h8-9,17,19-21,23H,10-14H2,1-7H3,(H,26,30,31);4-5,10,14-16,18,24H,6-9H2,1-3H3,(H,19,23,25)/t17-,19+,20?,21-;10-,14+,15?,16-/m11/s1. The van der Waals surface area contributed by atoms with Crippen LogP contribution in [-0.4, -0.2) is 163 Å². The molecule has 2 unspecified atom stereocenters. The molecule has 0 radical (unpaired) electrons. The maximum atomic E-state index is 12.7. The van der Waals surface area contributed by atoms with E-state index in [-0.39, 0.29) is 57.9 Å². The lowest BCUT2D eigenvalue weighted by Crippen LogP contribution is -2.51. The van der Waals surface area contributed by atoms with Gasteiger partial charge in [-0.3, -0.25) is 47.9 Å². The fourth-order valence-corrected chi connectivity index (χ4v) is 8.16. The molecule has 4 rings (SSSR count). The lowest BCUT2D eigenvalue weighted by Gasteiger charge is -2.40. The Balaban J connectivity index is 0.000000380. The maximum Gasteiger partial charge on any atom is 0.330 e. The van der Waals surface area contributed by atoms with E-state index >= 15 is 0 Å². The molecule has 2 fully saturated rings. The number of rotatable bonds is 25. The van der Waals surface area contributed by atoms with Crippen molar-refractivity contribution in [1.29, 1.82) is 0 Å². The van der Waals surface area contributed by atoms with Gasteiger partial charge in [0, 0.05) is 56.6 Å². The van der Waals surface area contributed by atoms with Crippen LogP contribution in [0.25, 0.3) is 0 Å². The number of aliphatic hydroxyl groups is 1. The van der Waals surface area contributed by atoms with Gasteiger partial charge in [0.25, 0.3) is 24.1 Å². The number of hydrogen-bond acceptors (Lipinski definition) is 22. The normalized spacial score (nSPS) is 22.4. The van der Waals surface area contributed by atoms with Crippen molar-refractivity contribution >= 4 is 54.8 Å². The van der Waals surface area contributed by atoms with Crippen LogP contribution in [0.1, 0.15) is 67.8 Å². The molecule has 0 amide bonds. The van der Waals surface area contributed by atoms with Crippen molar-refractivity contribution in [3.63, 3.8) is 0 Å². The third kappa shape index (κ3) is 19.4. The van der Waals surface area contributed by atoms with E-state index < -0.39 is 117 Å². The quantitative estimate of drug-likeness (QED) is 0.0235. The topological polar surface area (TPSA) is 318 Å². The van der Waals surface area contributed by atoms with Gasteiger partial charge in [0.15, 0.2) is 20.8 Å². The van der Waals surface area contributed by atoms with Crippen LogP contribution in [0.15, 0.2) is 43.7 Å². The third-order valence-electron chi connectivity index (χ3n) is 10.5. The summed E-state index contributed by atoms with van der Waals surface area (Å²) in [6.07, 6.45) is -4.52. The smallest absolute Gasteiger partial charge is 0.330 e. The van der Waals surface area contributed by atoms with Crippen molar-refractivity contribution in [2.75, 3.05) is 57.3 Å². The first-order valence-electron chi connectivity index (χ1n) is 22.0. The van der Waals surface area contributed by atoms with Gasteiger partial charge < -0.3 is 66.4 Å². The Bertz CT molecular complexity index is 2190. The van der Waals surface area contributed by atoms with Gasteiger partial charge in [-0.05, 0) is 25.1 Å². The van der Waals surface area contributed by atoms with Gasteiger partial charge in [-0.2, -0.15) is 0 Å². The summed E-state index contributed by atoms with van der Waals surface area (Å²) in [5.74, 6) is -1.94. The molecule has 0 saturated carbocycles. The van der Waals surface area contributed by atoms with Gasteiger partial charge in [-0.25, -0.2) is 9.59 Å². The van der Waals surface area contributed by atoms with Gasteiger partial charge in [0.2, 0.25) is 0 Å². The van der Waals surface area contributed by atoms with E-state index in [1.807, 2.05) is 0 Å². The van der Waals surface area contributed by atoms with Crippen LogP contribution < -0.4 is 22.5 Å². The second-order valence-corrected chi connectivity index (χ2v) is 22.6. The molecule has 4 heterocycles. The summed E-state index contributed by atoms with van der Waals surface area (Å²) in [7, 11) is -2.37. The van der Waals surface area contributed by atoms with Gasteiger partial charge in [-0.15, -0.1) is 0 Å². The van der Waals surface area contributed by atoms with Crippen LogP contribution in [0.3, 0.4) is 0 Å². The zero-order chi connectivity index (χ0) is 52.3. The molecule has 2 aromatic rings. The van der Waals surface area contributed by atoms with Gasteiger partial charge >= 0.3 is 35.3 Å². The number of aromatic nitrogens is 4. The highest BCUT2D eigenvalue weighted by molar-refractivity contribution is 14.1. The van der Waals surface area contributed by atoms with Crippen LogP contribution >= 0.6 is 22.6 Å². The van der Waals surface area contributed by atoms with E-state index in [1.165, 1.54) is 50.7 Å². The number of carbonyl (C=O) groups excluding carboxylic acids is 4. The van der Waals surface area contributed by atoms with Gasteiger partial charge in [0.1, 0.15) is 50.8 Å². The maximum absolute atomic E-state index is 12.7. The second kappa shape index (κ2) is 28.7. The number of nitrogens with zero attached hydrogens (tertiary/aromatic N) is 2. The Kier molecular flexibility index (Phi) is 24.7. The van der Waals surface area contributed by atoms with Crippen molar-refractivity contribution in [2.24, 2.45) is 0 Å². The fraction of sp³-hybridized carbons (Fsp3) is 0.714. The van der Waals surface area contributed by atoms with Crippen molar-refractivity contribution in [1.82, 2.24) is 19.1 Å². The predicted molar refractivity (Wildman–Crippen MR) is 251 cm³/mol. The minimum atomic E-state index is -2.37. The van der Waals surface area contributed by atoms with Crippen LogP contribution in [0.5, 0.6) is 0 Å². The largest absolute Gasteiger partial charge is 0.463 e. The van der Waals surface area contributed by atoms with E-state index in [1.54, 1.807) is 6.92 Å². The van der Waals surface area contributed by atoms with Crippen molar-refractivity contribution in [3.05, 3.63) is 66.2 Å². The monoisotopic (exact) mass is 1130 g/mol. The minimum Gasteiger partial charge on any atom is -0.463 e. The molecule has 8 atom stereocenters. The second-order valence-electron chi connectivity index (χ2n) is 16.9. The summed E-state index contributed by atoms with van der Waals surface area (Å²) < 4.78 is 75.1. The number of aromatic amines is 2. The van der Waals surface area contributed by atoms with Crippen molar-refractivity contribution in [2.45, 2.75) is 136 Å². The average molecular weight is 1130 g/mol. The van der Waals surface area contributed by atoms with E-state index in [0.717, 1.165) is 10.6 Å². The number of hydrogen-bond donors (Lipinski definition) is 3. The lowest BCUT2D eigenvalue weighted by atomic mass is 10.1. The Morgan fingerprint density at radius 2 is 1.03 bits per heavy atom. The van der Waals surface area contributed by atoms with E-state index in [0.29, 0.717) is 4.43 Å². The molecular weight excluding hydrogens is 1070 g/mol. The Morgan fingerprint density at radius 1 is 0.657 bits per heavy atom. The highest BCUT2D eigenvalue weighted by Gasteiger charge is 2.52. The molecule has 26 nitrogen and oxygen atoms in total. The molecule has 2 saturated heterocycles. The highest BCUT2D eigenvalue weighted by Crippen LogP contribution is 2.42. The molecule has 3 N–H and O–H groups in total. The molecule has 0 aromatic carbocycles. The number of ether oxygens (including phenoxy) is 12. The molecule has 70 heavy (non-hydrogen) atoms. The lowest BCUT2D eigenvalue weighted by molar-refractivity contribution is -0.321. The Labute approximate surface area is 417 Å². The average Bonchev–Trinajstić information content (AvgIpc) is 3.73. The molecule has 2 aromatic heterocycles. The van der Waals surface area contributed by atoms with Crippen LogP contribution in [-0.2, 0) is 80.4 Å². The number of esters is 4. The minimum absolute atomic E-state index is 0.0489. The number of aliphatic hydroxyl groups excluding tert-OH is 1. The van der Waals surface area contributed by atoms with Crippen molar-refractivity contribution in [3.8, 4) is 0 Å². The predicted octanol–water partition coefficient (Wildman–Crippen LogP) is 0.731. The van der Waals surface area contributed by atoms with Crippen LogP contribution in [0, 0.1) is 0 Å². The van der Waals surface area contributed by atoms with Crippen LogP contribution in [0.4, 0.5) is 0 Å². The summed E-state index contributed by atoms with van der Waals surface area (Å²) in [5.41, 5.74) is -2.57. The fourth-order valence-electron chi connectivity index (χ4n) is 6.13. The molecule has 2 aliphatic rings. The third-order valence-corrected chi connectivity index (χ3v) is 15.8. The van der Waals surface area contributed by atoms with E-state index in [2.05, 4.69) is 66.4 Å². The first-order valence-corrected chi connectivity index (χ1v) is 26.4. The zero-order valence-electron chi connectivity index (χ0n) is 40.7. The number of H-pyrrole nitrogens is 2.